The second kappa shape index (κ2) is 6.14. The first-order valence-corrected chi connectivity index (χ1v) is 8.89. The van der Waals surface area contributed by atoms with Crippen molar-refractivity contribution in [3.05, 3.63) is 60.2 Å². The Labute approximate surface area is 135 Å². The predicted octanol–water partition coefficient (Wildman–Crippen LogP) is 2.48. The first-order valence-electron chi connectivity index (χ1n) is 7.40. The minimum atomic E-state index is -3.55. The summed E-state index contributed by atoms with van der Waals surface area (Å²) in [6.07, 6.45) is 0.813. The molecule has 0 radical (unpaired) electrons. The molecule has 2 aromatic carbocycles. The van der Waals surface area contributed by atoms with E-state index in [0.717, 1.165) is 12.0 Å². The first-order chi connectivity index (χ1) is 11.0. The van der Waals surface area contributed by atoms with Gasteiger partial charge in [-0.3, -0.25) is 4.79 Å². The maximum atomic E-state index is 12.4. The van der Waals surface area contributed by atoms with Crippen molar-refractivity contribution in [2.45, 2.75) is 30.2 Å². The van der Waals surface area contributed by atoms with Crippen molar-refractivity contribution >= 4 is 21.6 Å². The molecular formula is C17H18N2O3S. The van der Waals surface area contributed by atoms with E-state index in [-0.39, 0.29) is 22.8 Å². The SMILES string of the molecule is CC(=O)Nc1ccc(S(=O)(=O)N[C@H]2C[C@H]2c2ccccc2)cc1. The van der Waals surface area contributed by atoms with Crippen LogP contribution in [0.5, 0.6) is 0 Å². The first kappa shape index (κ1) is 15.7. The quantitative estimate of drug-likeness (QED) is 0.884. The zero-order chi connectivity index (χ0) is 16.4. The van der Waals surface area contributed by atoms with Gasteiger partial charge in [-0.05, 0) is 36.2 Å². The Balaban J connectivity index is 1.67. The standard InChI is InChI=1S/C17H18N2O3S/c1-12(20)18-14-7-9-15(10-8-14)23(21,22)19-17-11-16(17)13-5-3-2-4-6-13/h2-10,16-17,19H,11H2,1H3,(H,18,20)/t16-,17-/m0/s1. The number of rotatable bonds is 5. The van der Waals surface area contributed by atoms with Gasteiger partial charge in [-0.2, -0.15) is 0 Å². The molecule has 1 aliphatic rings. The van der Waals surface area contributed by atoms with Crippen LogP contribution in [0, 0.1) is 0 Å². The van der Waals surface area contributed by atoms with Crippen LogP contribution in [-0.2, 0) is 14.8 Å². The highest BCUT2D eigenvalue weighted by molar-refractivity contribution is 7.89. The third-order valence-corrected chi connectivity index (χ3v) is 5.32. The number of carbonyl (C=O) groups excluding carboxylic acids is 1. The van der Waals surface area contributed by atoms with Gasteiger partial charge >= 0.3 is 0 Å². The van der Waals surface area contributed by atoms with Gasteiger partial charge in [0, 0.05) is 24.6 Å². The molecule has 1 fully saturated rings. The molecule has 120 valence electrons. The second-order valence-electron chi connectivity index (χ2n) is 5.69. The van der Waals surface area contributed by atoms with Crippen LogP contribution in [0.15, 0.2) is 59.5 Å². The second-order valence-corrected chi connectivity index (χ2v) is 7.40. The van der Waals surface area contributed by atoms with Gasteiger partial charge in [0.15, 0.2) is 0 Å². The number of amides is 1. The van der Waals surface area contributed by atoms with Gasteiger partial charge in [-0.25, -0.2) is 13.1 Å². The van der Waals surface area contributed by atoms with E-state index in [1.54, 1.807) is 12.1 Å². The summed E-state index contributed by atoms with van der Waals surface area (Å²) in [6, 6.07) is 16.0. The van der Waals surface area contributed by atoms with E-state index in [9.17, 15) is 13.2 Å². The largest absolute Gasteiger partial charge is 0.326 e. The summed E-state index contributed by atoms with van der Waals surface area (Å²) in [5.74, 6) is 0.0482. The lowest BCUT2D eigenvalue weighted by atomic mass is 10.1. The average molecular weight is 330 g/mol. The molecule has 0 aliphatic heterocycles. The van der Waals surface area contributed by atoms with Gasteiger partial charge in [-0.1, -0.05) is 30.3 Å². The number of hydrogen-bond acceptors (Lipinski definition) is 3. The van der Waals surface area contributed by atoms with E-state index in [0.29, 0.717) is 5.69 Å². The lowest BCUT2D eigenvalue weighted by molar-refractivity contribution is -0.114. The fourth-order valence-electron chi connectivity index (χ4n) is 2.58. The summed E-state index contributed by atoms with van der Waals surface area (Å²) in [7, 11) is -3.55. The van der Waals surface area contributed by atoms with Crippen LogP contribution in [0.25, 0.3) is 0 Å². The molecule has 0 heterocycles. The summed E-state index contributed by atoms with van der Waals surface area (Å²) >= 11 is 0. The van der Waals surface area contributed by atoms with Gasteiger partial charge in [0.25, 0.3) is 0 Å². The smallest absolute Gasteiger partial charge is 0.240 e. The van der Waals surface area contributed by atoms with E-state index < -0.39 is 10.0 Å². The molecule has 2 aromatic rings. The summed E-state index contributed by atoms with van der Waals surface area (Å²) in [5.41, 5.74) is 1.73. The molecule has 1 saturated carbocycles. The predicted molar refractivity (Wildman–Crippen MR) is 88.7 cm³/mol. The highest BCUT2D eigenvalue weighted by Gasteiger charge is 2.41. The molecule has 2 atom stereocenters. The fraction of sp³-hybridized carbons (Fsp3) is 0.235. The van der Waals surface area contributed by atoms with E-state index >= 15 is 0 Å². The van der Waals surface area contributed by atoms with Crippen LogP contribution in [0.1, 0.15) is 24.8 Å². The van der Waals surface area contributed by atoms with Gasteiger partial charge in [0.05, 0.1) is 4.90 Å². The lowest BCUT2D eigenvalue weighted by Gasteiger charge is -2.08. The average Bonchev–Trinajstić information content (AvgIpc) is 3.26. The molecule has 2 N–H and O–H groups in total. The highest BCUT2D eigenvalue weighted by atomic mass is 32.2. The summed E-state index contributed by atoms with van der Waals surface area (Å²) < 4.78 is 27.5. The number of anilines is 1. The van der Waals surface area contributed by atoms with E-state index in [1.807, 2.05) is 30.3 Å². The van der Waals surface area contributed by atoms with Crippen molar-refractivity contribution in [2.24, 2.45) is 0 Å². The van der Waals surface area contributed by atoms with Crippen molar-refractivity contribution in [3.8, 4) is 0 Å². The molecule has 6 heteroatoms. The molecule has 5 nitrogen and oxygen atoms in total. The highest BCUT2D eigenvalue weighted by Crippen LogP contribution is 2.41. The molecule has 0 saturated heterocycles. The summed E-state index contributed by atoms with van der Waals surface area (Å²) in [6.45, 7) is 1.41. The van der Waals surface area contributed by atoms with Crippen molar-refractivity contribution in [2.75, 3.05) is 5.32 Å². The summed E-state index contributed by atoms with van der Waals surface area (Å²) in [5, 5.41) is 2.61. The molecule has 0 aromatic heterocycles. The topological polar surface area (TPSA) is 75.3 Å². The maximum Gasteiger partial charge on any atom is 0.240 e. The van der Waals surface area contributed by atoms with Crippen LogP contribution >= 0.6 is 0 Å². The molecule has 1 amide bonds. The summed E-state index contributed by atoms with van der Waals surface area (Å²) in [4.78, 5) is 11.2. The van der Waals surface area contributed by atoms with Gasteiger partial charge in [0.1, 0.15) is 0 Å². The maximum absolute atomic E-state index is 12.4. The Hall–Kier alpha value is -2.18. The van der Waals surface area contributed by atoms with Crippen LogP contribution in [0.2, 0.25) is 0 Å². The monoisotopic (exact) mass is 330 g/mol. The minimum Gasteiger partial charge on any atom is -0.326 e. The Kier molecular flexibility index (Phi) is 4.19. The van der Waals surface area contributed by atoms with Gasteiger partial charge in [-0.15, -0.1) is 0 Å². The van der Waals surface area contributed by atoms with Crippen LogP contribution in [-0.4, -0.2) is 20.4 Å². The van der Waals surface area contributed by atoms with Crippen molar-refractivity contribution < 1.29 is 13.2 Å². The fourth-order valence-corrected chi connectivity index (χ4v) is 3.87. The zero-order valence-corrected chi connectivity index (χ0v) is 13.5. The Morgan fingerprint density at radius 2 is 1.70 bits per heavy atom. The number of benzene rings is 2. The molecular weight excluding hydrogens is 312 g/mol. The molecule has 23 heavy (non-hydrogen) atoms. The van der Waals surface area contributed by atoms with E-state index in [1.165, 1.54) is 19.1 Å². The number of sulfonamides is 1. The number of hydrogen-bond donors (Lipinski definition) is 2. The van der Waals surface area contributed by atoms with Crippen LogP contribution in [0.3, 0.4) is 0 Å². The third kappa shape index (κ3) is 3.78. The molecule has 0 bridgehead atoms. The zero-order valence-electron chi connectivity index (χ0n) is 12.7. The lowest BCUT2D eigenvalue weighted by Crippen LogP contribution is -2.26. The van der Waals surface area contributed by atoms with Gasteiger partial charge < -0.3 is 5.32 Å². The molecule has 0 unspecified atom stereocenters. The van der Waals surface area contributed by atoms with E-state index in [4.69, 9.17) is 0 Å². The normalized spacial score (nSPS) is 20.0. The van der Waals surface area contributed by atoms with Crippen molar-refractivity contribution in [3.63, 3.8) is 0 Å². The number of carbonyl (C=O) groups is 1. The molecule has 1 aliphatic carbocycles. The van der Waals surface area contributed by atoms with Crippen LogP contribution < -0.4 is 10.0 Å². The number of nitrogens with one attached hydrogen (secondary N) is 2. The molecule has 3 rings (SSSR count). The Bertz CT molecular complexity index is 801. The van der Waals surface area contributed by atoms with Crippen LogP contribution in [0.4, 0.5) is 5.69 Å². The van der Waals surface area contributed by atoms with E-state index in [2.05, 4.69) is 10.0 Å². The Morgan fingerprint density at radius 1 is 1.04 bits per heavy atom. The van der Waals surface area contributed by atoms with Crippen molar-refractivity contribution in [1.82, 2.24) is 4.72 Å². The minimum absolute atomic E-state index is 0.0579. The van der Waals surface area contributed by atoms with Gasteiger partial charge in [0.2, 0.25) is 15.9 Å². The third-order valence-electron chi connectivity index (χ3n) is 3.81. The van der Waals surface area contributed by atoms with Crippen molar-refractivity contribution in [1.29, 1.82) is 0 Å². The Morgan fingerprint density at radius 3 is 2.30 bits per heavy atom. The molecule has 0 spiro atoms.